The Balaban J connectivity index is 0.000000337. The van der Waals surface area contributed by atoms with Crippen molar-refractivity contribution < 1.29 is 32.6 Å². The number of hydrogen-bond acceptors (Lipinski definition) is 7. The number of rotatable bonds is 6. The average Bonchev–Trinajstić information content (AvgIpc) is 3.69. The van der Waals surface area contributed by atoms with E-state index in [1.165, 1.54) is 44.5 Å². The van der Waals surface area contributed by atoms with Crippen LogP contribution in [0.2, 0.25) is 0 Å². The van der Waals surface area contributed by atoms with Crippen LogP contribution in [0.5, 0.6) is 0 Å². The monoisotopic (exact) mass is 784 g/mol. The average molecular weight is 784 g/mol. The van der Waals surface area contributed by atoms with E-state index in [4.69, 9.17) is 32.6 Å². The largest absolute Gasteiger partial charge is 0.640 e. The molecular weight excluding hydrogens is 721 g/mol. The Bertz CT molecular complexity index is 1970. The summed E-state index contributed by atoms with van der Waals surface area (Å²) in [5, 5.41) is 0. The van der Waals surface area contributed by atoms with E-state index < -0.39 is 49.4 Å². The maximum Gasteiger partial charge on any atom is 0.640 e. The first-order valence-corrected chi connectivity index (χ1v) is 21.0. The van der Waals surface area contributed by atoms with Gasteiger partial charge in [0.15, 0.2) is 0 Å². The van der Waals surface area contributed by atoms with Gasteiger partial charge in [0.1, 0.15) is 0 Å². The van der Waals surface area contributed by atoms with Gasteiger partial charge in [0.2, 0.25) is 0 Å². The summed E-state index contributed by atoms with van der Waals surface area (Å²) < 4.78 is 43.0. The van der Waals surface area contributed by atoms with Crippen molar-refractivity contribution in [2.24, 2.45) is 0 Å². The molecule has 4 aromatic carbocycles. The molecule has 7 nitrogen and oxygen atoms in total. The Morgan fingerprint density at radius 3 is 1.05 bits per heavy atom. The quantitative estimate of drug-likeness (QED) is 0.159. The van der Waals surface area contributed by atoms with E-state index in [-0.39, 0.29) is 17.3 Å². The van der Waals surface area contributed by atoms with E-state index in [0.717, 1.165) is 10.9 Å². The predicted molar refractivity (Wildman–Crippen MR) is 237 cm³/mol. The summed E-state index contributed by atoms with van der Waals surface area (Å²) in [6, 6.07) is 31.6. The van der Waals surface area contributed by atoms with Crippen LogP contribution >= 0.6 is 0 Å². The normalized spacial score (nSPS) is 22.5. The molecule has 3 aliphatic heterocycles. The van der Waals surface area contributed by atoms with Crippen molar-refractivity contribution >= 4 is 32.5 Å². The number of benzene rings is 4. The molecule has 0 atom stereocenters. The fraction of sp³-hybridized carbons (Fsp3) is 0.500. The van der Waals surface area contributed by atoms with Crippen molar-refractivity contribution in [1.29, 1.82) is 0 Å². The van der Waals surface area contributed by atoms with Crippen molar-refractivity contribution in [3.8, 4) is 11.1 Å². The highest BCUT2D eigenvalue weighted by molar-refractivity contribution is 6.62. The van der Waals surface area contributed by atoms with E-state index >= 15 is 0 Å². The molecule has 0 unspecified atom stereocenters. The van der Waals surface area contributed by atoms with E-state index in [9.17, 15) is 0 Å². The van der Waals surface area contributed by atoms with Gasteiger partial charge in [-0.2, -0.15) is 0 Å². The number of aryl methyl sites for hydroxylation is 2. The fourth-order valence-corrected chi connectivity index (χ4v) is 8.07. The second kappa shape index (κ2) is 14.5. The van der Waals surface area contributed by atoms with Crippen molar-refractivity contribution in [3.05, 3.63) is 118 Å². The Morgan fingerprint density at radius 1 is 0.431 bits per heavy atom. The zero-order chi connectivity index (χ0) is 42.4. The third-order valence-corrected chi connectivity index (χ3v) is 13.8. The lowest BCUT2D eigenvalue weighted by atomic mass is 9.65. The SMILES string of the molecule is CC(C)OB1OC(C)(C)C(C)(C)O1.Cc1ccc(C2(c3ccc(C)cc3)c3cc(B4OC(C)(C)C(C)(C)O4)ccc3-c3ccc(B4OC(C)(C)C(C)(C)O4)cc32)cc1. The Kier molecular flexibility index (Phi) is 10.7. The minimum absolute atomic E-state index is 0.120. The predicted octanol–water partition coefficient (Wildman–Crippen LogP) is 9.27. The zero-order valence-electron chi connectivity index (χ0n) is 37.8. The first kappa shape index (κ1) is 42.9. The number of hydrogen-bond donors (Lipinski definition) is 0. The Hall–Kier alpha value is -3.21. The van der Waals surface area contributed by atoms with Crippen LogP contribution in [0, 0.1) is 13.8 Å². The summed E-state index contributed by atoms with van der Waals surface area (Å²) in [6.45, 7) is 33.1. The standard InChI is InChI=1S/C39H44B2O4.C9H19BO3/c1-25-11-15-27(16-12-25)39(28-17-13-26(2)14-18-28)33-23-29(40-42-35(3,4)36(5,6)43-40)19-21-31(33)32-22-20-30(24-34(32)39)41-44-37(7,8)38(9,10)45-41;1-7(2)11-10-12-8(3,4)9(5,6)13-10/h11-24H,1-10H3;7H,1-6H3. The van der Waals surface area contributed by atoms with Crippen LogP contribution in [0.3, 0.4) is 0 Å². The zero-order valence-corrected chi connectivity index (χ0v) is 37.8. The van der Waals surface area contributed by atoms with E-state index in [0.29, 0.717) is 0 Å². The lowest BCUT2D eigenvalue weighted by Crippen LogP contribution is -2.41. The summed E-state index contributed by atoms with van der Waals surface area (Å²) in [5.41, 5.74) is 8.93. The molecule has 58 heavy (non-hydrogen) atoms. The van der Waals surface area contributed by atoms with E-state index in [2.05, 4.69) is 154 Å². The molecule has 3 saturated heterocycles. The molecule has 0 aromatic heterocycles. The van der Waals surface area contributed by atoms with E-state index in [1.54, 1.807) is 0 Å². The fourth-order valence-electron chi connectivity index (χ4n) is 8.07. The van der Waals surface area contributed by atoms with Crippen LogP contribution in [0.15, 0.2) is 84.9 Å². The maximum absolute atomic E-state index is 6.57. The smallest absolute Gasteiger partial charge is 0.399 e. The first-order chi connectivity index (χ1) is 26.8. The molecule has 8 rings (SSSR count). The summed E-state index contributed by atoms with van der Waals surface area (Å²) >= 11 is 0. The highest BCUT2D eigenvalue weighted by atomic mass is 16.8. The lowest BCUT2D eigenvalue weighted by molar-refractivity contribution is 0.00578. The van der Waals surface area contributed by atoms with Gasteiger partial charge in [-0.3, -0.25) is 0 Å². The maximum atomic E-state index is 6.57. The summed E-state index contributed by atoms with van der Waals surface area (Å²) in [6.07, 6.45) is 0.120. The highest BCUT2D eigenvalue weighted by Crippen LogP contribution is 2.56. The van der Waals surface area contributed by atoms with Crippen molar-refractivity contribution in [2.75, 3.05) is 0 Å². The molecule has 0 saturated carbocycles. The molecule has 4 aliphatic rings. The molecule has 1 aliphatic carbocycles. The van der Waals surface area contributed by atoms with Crippen LogP contribution in [-0.4, -0.2) is 61.3 Å². The number of fused-ring (bicyclic) bond motifs is 3. The van der Waals surface area contributed by atoms with Gasteiger partial charge in [0.05, 0.1) is 39.0 Å². The van der Waals surface area contributed by atoms with Gasteiger partial charge in [-0.05, 0) is 155 Å². The van der Waals surface area contributed by atoms with Crippen LogP contribution < -0.4 is 10.9 Å². The second-order valence-electron chi connectivity index (χ2n) is 20.0. The molecule has 3 heterocycles. The molecule has 4 aromatic rings. The minimum Gasteiger partial charge on any atom is -0.399 e. The Labute approximate surface area is 349 Å². The lowest BCUT2D eigenvalue weighted by Gasteiger charge is -2.34. The van der Waals surface area contributed by atoms with Gasteiger partial charge in [0.25, 0.3) is 0 Å². The Morgan fingerprint density at radius 2 is 0.741 bits per heavy atom. The molecule has 0 amide bonds. The van der Waals surface area contributed by atoms with Crippen LogP contribution in [0.1, 0.15) is 130 Å². The van der Waals surface area contributed by atoms with Crippen LogP contribution in [-0.2, 0) is 38.0 Å². The molecule has 306 valence electrons. The first-order valence-electron chi connectivity index (χ1n) is 21.0. The summed E-state index contributed by atoms with van der Waals surface area (Å²) in [4.78, 5) is 0. The third kappa shape index (κ3) is 7.25. The van der Waals surface area contributed by atoms with Crippen molar-refractivity contribution in [1.82, 2.24) is 0 Å². The third-order valence-electron chi connectivity index (χ3n) is 13.8. The molecule has 0 radical (unpaired) electrons. The molecule has 0 bridgehead atoms. The van der Waals surface area contributed by atoms with Gasteiger partial charge in [0, 0.05) is 6.10 Å². The highest BCUT2D eigenvalue weighted by Gasteiger charge is 2.56. The minimum atomic E-state index is -0.578. The molecule has 10 heteroatoms. The summed E-state index contributed by atoms with van der Waals surface area (Å²) in [5.74, 6) is 0. The van der Waals surface area contributed by atoms with Crippen molar-refractivity contribution in [2.45, 2.75) is 156 Å². The van der Waals surface area contributed by atoms with Crippen LogP contribution in [0.4, 0.5) is 0 Å². The molecule has 3 fully saturated rings. The van der Waals surface area contributed by atoms with Crippen LogP contribution in [0.25, 0.3) is 11.1 Å². The summed E-state index contributed by atoms with van der Waals surface area (Å²) in [7, 11) is -1.44. The van der Waals surface area contributed by atoms with E-state index in [1.807, 2.05) is 41.5 Å². The topological polar surface area (TPSA) is 64.6 Å². The van der Waals surface area contributed by atoms with Gasteiger partial charge in [-0.25, -0.2) is 0 Å². The van der Waals surface area contributed by atoms with Gasteiger partial charge < -0.3 is 32.6 Å². The molecule has 0 spiro atoms. The second-order valence-corrected chi connectivity index (χ2v) is 20.0. The van der Waals surface area contributed by atoms with Crippen molar-refractivity contribution in [3.63, 3.8) is 0 Å². The van der Waals surface area contributed by atoms with Gasteiger partial charge in [-0.15, -0.1) is 0 Å². The molecular formula is C48H63B3O7. The molecule has 0 N–H and O–H groups in total. The van der Waals surface area contributed by atoms with Gasteiger partial charge in [-0.1, -0.05) is 96.1 Å². The van der Waals surface area contributed by atoms with Gasteiger partial charge >= 0.3 is 21.6 Å².